The van der Waals surface area contributed by atoms with Crippen LogP contribution < -0.4 is 4.74 Å². The van der Waals surface area contributed by atoms with Crippen molar-refractivity contribution in [3.8, 4) is 11.5 Å². The molecular formula is C29H24Br4O. The summed E-state index contributed by atoms with van der Waals surface area (Å²) in [5.74, 6) is 2.21. The van der Waals surface area contributed by atoms with Crippen LogP contribution in [0.25, 0.3) is 0 Å². The Bertz CT molecular complexity index is 1290. The highest BCUT2D eigenvalue weighted by Crippen LogP contribution is 2.61. The minimum absolute atomic E-state index is 0.313. The second-order valence-corrected chi connectivity index (χ2v) is 12.3. The Balaban J connectivity index is 0.00000117. The summed E-state index contributed by atoms with van der Waals surface area (Å²) < 4.78 is 10.9. The van der Waals surface area contributed by atoms with E-state index in [4.69, 9.17) is 4.74 Å². The molecule has 0 fully saturated rings. The van der Waals surface area contributed by atoms with Crippen molar-refractivity contribution in [2.24, 2.45) is 0 Å². The first-order valence-corrected chi connectivity index (χ1v) is 14.8. The smallest absolute Gasteiger partial charge is 0.131 e. The third-order valence-corrected chi connectivity index (χ3v) is 8.95. The maximum Gasteiger partial charge on any atom is 0.131 e. The van der Waals surface area contributed by atoms with Gasteiger partial charge in [0, 0.05) is 34.9 Å². The molecule has 0 aromatic heterocycles. The van der Waals surface area contributed by atoms with Crippen LogP contribution in [0.4, 0.5) is 0 Å². The van der Waals surface area contributed by atoms with Gasteiger partial charge in [0.25, 0.3) is 0 Å². The van der Waals surface area contributed by atoms with Crippen LogP contribution in [-0.2, 0) is 11.8 Å². The molecule has 174 valence electrons. The van der Waals surface area contributed by atoms with E-state index in [9.17, 15) is 0 Å². The highest BCUT2D eigenvalue weighted by molar-refractivity contribution is 9.12. The first-order chi connectivity index (χ1) is 16.5. The molecule has 1 spiro atoms. The van der Waals surface area contributed by atoms with Crippen LogP contribution in [-0.4, -0.2) is 0 Å². The van der Waals surface area contributed by atoms with Crippen molar-refractivity contribution in [1.82, 2.24) is 0 Å². The van der Waals surface area contributed by atoms with Crippen molar-refractivity contribution in [1.29, 1.82) is 0 Å². The Morgan fingerprint density at radius 2 is 1.38 bits per heavy atom. The Hall–Kier alpha value is -1.14. The third-order valence-electron chi connectivity index (χ3n) is 6.92. The fraction of sp³-hybridized carbons (Fsp3) is 0.241. The highest BCUT2D eigenvalue weighted by Gasteiger charge is 2.51. The van der Waals surface area contributed by atoms with Crippen LogP contribution in [0.3, 0.4) is 0 Å². The molecule has 1 nitrogen and oxygen atoms in total. The van der Waals surface area contributed by atoms with Crippen molar-refractivity contribution < 1.29 is 4.74 Å². The van der Waals surface area contributed by atoms with Gasteiger partial charge in [-0.3, -0.25) is 0 Å². The molecule has 1 aliphatic heterocycles. The fourth-order valence-electron chi connectivity index (χ4n) is 5.66. The number of halogens is 4. The first-order valence-electron chi connectivity index (χ1n) is 11.6. The van der Waals surface area contributed by atoms with Gasteiger partial charge >= 0.3 is 0 Å². The van der Waals surface area contributed by atoms with E-state index in [1.165, 1.54) is 27.8 Å². The van der Waals surface area contributed by atoms with Crippen LogP contribution in [0.2, 0.25) is 0 Å². The molecule has 1 unspecified atom stereocenters. The summed E-state index contributed by atoms with van der Waals surface area (Å²) >= 11 is 15.1. The van der Waals surface area contributed by atoms with Crippen LogP contribution in [0.5, 0.6) is 11.5 Å². The lowest BCUT2D eigenvalue weighted by molar-refractivity contribution is 0.393. The largest absolute Gasteiger partial charge is 0.457 e. The molecule has 1 heterocycles. The van der Waals surface area contributed by atoms with Crippen molar-refractivity contribution >= 4 is 63.7 Å². The van der Waals surface area contributed by atoms with Gasteiger partial charge in [0.15, 0.2) is 0 Å². The normalized spacial score (nSPS) is 19.1. The predicted molar refractivity (Wildman–Crippen MR) is 155 cm³/mol. The van der Waals surface area contributed by atoms with Gasteiger partial charge < -0.3 is 4.74 Å². The number of benzene rings is 3. The molecule has 0 radical (unpaired) electrons. The van der Waals surface area contributed by atoms with Gasteiger partial charge in [-0.25, -0.2) is 0 Å². The zero-order valence-electron chi connectivity index (χ0n) is 19.0. The summed E-state index contributed by atoms with van der Waals surface area (Å²) in [4.78, 5) is 0. The minimum atomic E-state index is -0.313. The molecule has 5 heteroatoms. The zero-order valence-corrected chi connectivity index (χ0v) is 25.3. The van der Waals surface area contributed by atoms with E-state index < -0.39 is 0 Å². The lowest BCUT2D eigenvalue weighted by atomic mass is 9.56. The molecule has 6 rings (SSSR count). The van der Waals surface area contributed by atoms with E-state index in [-0.39, 0.29) is 5.41 Å². The summed E-state index contributed by atoms with van der Waals surface area (Å²) in [7, 11) is 0. The summed E-state index contributed by atoms with van der Waals surface area (Å²) in [5.41, 5.74) is 6.42. The summed E-state index contributed by atoms with van der Waals surface area (Å²) in [6, 6.07) is 19.6. The molecule has 2 aliphatic carbocycles. The van der Waals surface area contributed by atoms with Crippen molar-refractivity contribution in [2.75, 3.05) is 0 Å². The van der Waals surface area contributed by atoms with Gasteiger partial charge in [-0.1, -0.05) is 89.7 Å². The third kappa shape index (κ3) is 4.01. The molecule has 1 atom stereocenters. The minimum Gasteiger partial charge on any atom is -0.457 e. The van der Waals surface area contributed by atoms with Gasteiger partial charge in [-0.15, -0.1) is 0 Å². The van der Waals surface area contributed by atoms with Crippen LogP contribution in [0, 0.1) is 0 Å². The van der Waals surface area contributed by atoms with Crippen LogP contribution in [0.15, 0.2) is 90.2 Å². The molecule has 0 N–H and O–H groups in total. The van der Waals surface area contributed by atoms with Crippen molar-refractivity contribution in [3.05, 3.63) is 112 Å². The monoisotopic (exact) mass is 704 g/mol. The zero-order chi connectivity index (χ0) is 24.0. The molecule has 0 saturated heterocycles. The van der Waals surface area contributed by atoms with E-state index in [2.05, 4.69) is 130 Å². The lowest BCUT2D eigenvalue weighted by Gasteiger charge is -2.48. The average molecular weight is 708 g/mol. The molecular weight excluding hydrogens is 684 g/mol. The summed E-state index contributed by atoms with van der Waals surface area (Å²) in [6.45, 7) is 4.00. The fourth-order valence-corrected chi connectivity index (χ4v) is 7.27. The van der Waals surface area contributed by atoms with E-state index >= 15 is 0 Å². The Kier molecular flexibility index (Phi) is 7.02. The van der Waals surface area contributed by atoms with Crippen molar-refractivity contribution in [3.63, 3.8) is 0 Å². The Morgan fingerprint density at radius 3 is 2.03 bits per heavy atom. The molecule has 0 amide bonds. The predicted octanol–water partition coefficient (Wildman–Crippen LogP) is 10.7. The number of fused-ring (bicyclic) bond motifs is 8. The number of rotatable bonds is 0. The molecule has 0 saturated carbocycles. The van der Waals surface area contributed by atoms with E-state index in [1.54, 1.807) is 0 Å². The number of hydrogen-bond donors (Lipinski definition) is 0. The van der Waals surface area contributed by atoms with Gasteiger partial charge in [-0.05, 0) is 90.6 Å². The van der Waals surface area contributed by atoms with Crippen molar-refractivity contribution in [2.45, 2.75) is 44.4 Å². The van der Waals surface area contributed by atoms with Gasteiger partial charge in [0.05, 0.1) is 5.41 Å². The number of ether oxygens (including phenoxy) is 1. The van der Waals surface area contributed by atoms with E-state index in [0.717, 1.165) is 48.7 Å². The number of allylic oxidation sites excluding steroid dienone is 4. The molecule has 34 heavy (non-hydrogen) atoms. The van der Waals surface area contributed by atoms with Gasteiger partial charge in [0.2, 0.25) is 0 Å². The molecule has 3 aliphatic rings. The van der Waals surface area contributed by atoms with Gasteiger partial charge in [-0.2, -0.15) is 0 Å². The lowest BCUT2D eigenvalue weighted by Crippen LogP contribution is -2.41. The number of hydrogen-bond acceptors (Lipinski definition) is 1. The molecule has 3 aromatic rings. The highest BCUT2D eigenvalue weighted by atomic mass is 79.9. The van der Waals surface area contributed by atoms with Gasteiger partial charge in [0.1, 0.15) is 11.5 Å². The molecule has 3 aromatic carbocycles. The maximum atomic E-state index is 6.46. The average Bonchev–Trinajstić information content (AvgIpc) is 3.03. The quantitative estimate of drug-likeness (QED) is 0.226. The maximum absolute atomic E-state index is 6.46. The Morgan fingerprint density at radius 1 is 0.794 bits per heavy atom. The topological polar surface area (TPSA) is 9.23 Å². The van der Waals surface area contributed by atoms with Crippen LogP contribution >= 0.6 is 63.7 Å². The standard InChI is InChI=1S/C27H18Br4O.C2H6/c28-16-2-1-3-21-20-7-4-17(29)10-15(20)14-27(22(21)11-16)23-12-18(30)5-8-25(23)32-26-9-6-19(31)13-24(26)27;1-2/h2,4-13,21H,1,3,14H2;1-2H3. The van der Waals surface area contributed by atoms with Crippen LogP contribution in [0.1, 0.15) is 54.9 Å². The second-order valence-electron chi connectivity index (χ2n) is 8.63. The SMILES string of the molecule is BrC1=CCCC2C(=C1)C1(Cc3cc(Br)ccc32)c2cc(Br)ccc2Oc2ccc(Br)cc21.CC. The second kappa shape index (κ2) is 9.72. The first kappa shape index (κ1) is 24.5. The molecule has 0 bridgehead atoms. The summed E-state index contributed by atoms with van der Waals surface area (Å²) in [6.07, 6.45) is 7.71. The van der Waals surface area contributed by atoms with E-state index in [0.29, 0.717) is 5.92 Å². The Labute approximate surface area is 235 Å². The van der Waals surface area contributed by atoms with E-state index in [1.807, 2.05) is 13.8 Å². The summed E-state index contributed by atoms with van der Waals surface area (Å²) in [5, 5.41) is 0.